The zero-order valence-corrected chi connectivity index (χ0v) is 18.2. The fourth-order valence-corrected chi connectivity index (χ4v) is 5.55. The number of likely N-dealkylation sites (tertiary alicyclic amines) is 1. The van der Waals surface area contributed by atoms with Gasteiger partial charge in [-0.25, -0.2) is 4.39 Å². The van der Waals surface area contributed by atoms with Crippen LogP contribution in [0.5, 0.6) is 5.75 Å². The Hall–Kier alpha value is -2.76. The highest BCUT2D eigenvalue weighted by Crippen LogP contribution is 2.49. The molecule has 3 aromatic rings. The summed E-state index contributed by atoms with van der Waals surface area (Å²) in [6.45, 7) is 2.80. The van der Waals surface area contributed by atoms with Crippen molar-refractivity contribution in [2.75, 3.05) is 13.1 Å². The number of nitrogens with zero attached hydrogens (tertiary/aromatic N) is 2. The predicted octanol–water partition coefficient (Wildman–Crippen LogP) is 4.92. The number of aromatic nitrogens is 1. The van der Waals surface area contributed by atoms with Gasteiger partial charge in [0.15, 0.2) is 0 Å². The molecule has 2 bridgehead atoms. The van der Waals surface area contributed by atoms with Crippen LogP contribution in [0.15, 0.2) is 73.1 Å². The minimum atomic E-state index is -0.795. The second-order valence-electron chi connectivity index (χ2n) is 9.11. The van der Waals surface area contributed by atoms with E-state index < -0.39 is 5.60 Å². The van der Waals surface area contributed by atoms with Gasteiger partial charge in [0.2, 0.25) is 0 Å². The molecule has 166 valence electrons. The summed E-state index contributed by atoms with van der Waals surface area (Å²) in [5.41, 5.74) is 2.09. The first kappa shape index (κ1) is 21.1. The third kappa shape index (κ3) is 4.15. The molecule has 4 nitrogen and oxygen atoms in total. The van der Waals surface area contributed by atoms with Crippen molar-refractivity contribution in [3.8, 4) is 5.75 Å². The van der Waals surface area contributed by atoms with Crippen LogP contribution < -0.4 is 4.74 Å². The molecule has 5 heteroatoms. The van der Waals surface area contributed by atoms with E-state index in [0.717, 1.165) is 54.9 Å². The third-order valence-corrected chi connectivity index (χ3v) is 7.08. The lowest BCUT2D eigenvalue weighted by Crippen LogP contribution is -2.57. The van der Waals surface area contributed by atoms with Gasteiger partial charge in [-0.3, -0.25) is 9.88 Å². The monoisotopic (exact) mass is 432 g/mol. The van der Waals surface area contributed by atoms with Gasteiger partial charge in [-0.2, -0.15) is 0 Å². The lowest BCUT2D eigenvalue weighted by atomic mass is 9.63. The van der Waals surface area contributed by atoms with Crippen LogP contribution in [0.2, 0.25) is 0 Å². The highest BCUT2D eigenvalue weighted by Gasteiger charge is 2.51. The van der Waals surface area contributed by atoms with Crippen LogP contribution in [-0.2, 0) is 18.8 Å². The number of hydrogen-bond donors (Lipinski definition) is 1. The minimum absolute atomic E-state index is 0.194. The van der Waals surface area contributed by atoms with Gasteiger partial charge in [-0.1, -0.05) is 42.8 Å². The maximum atomic E-state index is 13.5. The maximum Gasteiger partial charge on any atom is 0.124 e. The SMILES string of the molecule is OC1(c2cccnc2)[C@H]2CCC[C@H]1CN(Cc1ccccc1OCc1cccc(F)c1)C2. The fraction of sp³-hybridized carbons (Fsp3) is 0.370. The number of aliphatic hydroxyl groups is 1. The summed E-state index contributed by atoms with van der Waals surface area (Å²) in [5.74, 6) is 0.967. The first-order valence-electron chi connectivity index (χ1n) is 11.4. The van der Waals surface area contributed by atoms with Crippen LogP contribution in [0.4, 0.5) is 4.39 Å². The molecule has 5 rings (SSSR count). The molecule has 2 heterocycles. The van der Waals surface area contributed by atoms with E-state index in [9.17, 15) is 9.50 Å². The Morgan fingerprint density at radius 2 is 1.84 bits per heavy atom. The van der Waals surface area contributed by atoms with Gasteiger partial charge in [0, 0.05) is 55.0 Å². The Bertz CT molecular complexity index is 1040. The van der Waals surface area contributed by atoms with Crippen LogP contribution in [0.3, 0.4) is 0 Å². The standard InChI is InChI=1S/C27H29FN2O2/c28-25-11-3-6-20(14-25)19-32-26-12-2-1-7-21(26)16-30-17-23-8-4-9-24(18-30)27(23,31)22-10-5-13-29-15-22/h1-3,5-7,10-15,23-24,31H,4,8-9,16-19H2/t23-,24-/m0/s1. The van der Waals surface area contributed by atoms with E-state index in [2.05, 4.69) is 16.0 Å². The van der Waals surface area contributed by atoms with Crippen molar-refractivity contribution in [1.29, 1.82) is 0 Å². The molecule has 32 heavy (non-hydrogen) atoms. The van der Waals surface area contributed by atoms with Gasteiger partial charge < -0.3 is 9.84 Å². The molecular formula is C27H29FN2O2. The number of halogens is 1. The van der Waals surface area contributed by atoms with Crippen molar-refractivity contribution in [3.05, 3.63) is 95.6 Å². The van der Waals surface area contributed by atoms with Crippen molar-refractivity contribution < 1.29 is 14.2 Å². The molecule has 1 saturated carbocycles. The Morgan fingerprint density at radius 3 is 2.59 bits per heavy atom. The molecule has 1 saturated heterocycles. The molecule has 0 amide bonds. The summed E-state index contributed by atoms with van der Waals surface area (Å²) in [7, 11) is 0. The average molecular weight is 433 g/mol. The molecule has 1 aromatic heterocycles. The zero-order chi connectivity index (χ0) is 22.0. The van der Waals surface area contributed by atoms with Crippen LogP contribution >= 0.6 is 0 Å². The normalized spacial score (nSPS) is 25.4. The number of pyridine rings is 1. The Morgan fingerprint density at radius 1 is 1.03 bits per heavy atom. The molecule has 2 aromatic carbocycles. The first-order valence-corrected chi connectivity index (χ1v) is 11.4. The van der Waals surface area contributed by atoms with Crippen molar-refractivity contribution in [2.24, 2.45) is 11.8 Å². The van der Waals surface area contributed by atoms with E-state index in [1.165, 1.54) is 18.6 Å². The molecular weight excluding hydrogens is 403 g/mol. The molecule has 1 aliphatic carbocycles. The lowest BCUT2D eigenvalue weighted by molar-refractivity contribution is -0.148. The Labute approximate surface area is 188 Å². The van der Waals surface area contributed by atoms with Crippen LogP contribution in [-0.4, -0.2) is 28.1 Å². The maximum absolute atomic E-state index is 13.5. The first-order chi connectivity index (χ1) is 15.6. The molecule has 2 aliphatic rings. The molecule has 1 N–H and O–H groups in total. The summed E-state index contributed by atoms with van der Waals surface area (Å²) in [4.78, 5) is 6.72. The van der Waals surface area contributed by atoms with Crippen molar-refractivity contribution in [3.63, 3.8) is 0 Å². The molecule has 2 fully saturated rings. The van der Waals surface area contributed by atoms with Crippen LogP contribution in [0, 0.1) is 17.7 Å². The van der Waals surface area contributed by atoms with E-state index in [-0.39, 0.29) is 17.7 Å². The molecule has 0 unspecified atom stereocenters. The van der Waals surface area contributed by atoms with Crippen molar-refractivity contribution >= 4 is 0 Å². The fourth-order valence-electron chi connectivity index (χ4n) is 5.55. The van der Waals surface area contributed by atoms with Gasteiger partial charge in [-0.05, 0) is 42.7 Å². The highest BCUT2D eigenvalue weighted by atomic mass is 19.1. The zero-order valence-electron chi connectivity index (χ0n) is 18.2. The van der Waals surface area contributed by atoms with Gasteiger partial charge in [0.25, 0.3) is 0 Å². The Kier molecular flexibility index (Phi) is 5.94. The number of rotatable bonds is 6. The van der Waals surface area contributed by atoms with E-state index in [1.807, 2.05) is 42.6 Å². The van der Waals surface area contributed by atoms with Gasteiger partial charge in [0.05, 0.1) is 5.60 Å². The van der Waals surface area contributed by atoms with Gasteiger partial charge in [0.1, 0.15) is 18.2 Å². The molecule has 1 aliphatic heterocycles. The molecule has 2 atom stereocenters. The molecule has 0 radical (unpaired) electrons. The third-order valence-electron chi connectivity index (χ3n) is 7.08. The van der Waals surface area contributed by atoms with Crippen LogP contribution in [0.25, 0.3) is 0 Å². The van der Waals surface area contributed by atoms with Gasteiger partial charge >= 0.3 is 0 Å². The van der Waals surface area contributed by atoms with E-state index in [4.69, 9.17) is 4.74 Å². The summed E-state index contributed by atoms with van der Waals surface area (Å²) < 4.78 is 19.6. The second kappa shape index (κ2) is 9.00. The number of ether oxygens (including phenoxy) is 1. The lowest BCUT2D eigenvalue weighted by Gasteiger charge is -2.53. The number of hydrogen-bond acceptors (Lipinski definition) is 4. The Balaban J connectivity index is 1.31. The van der Waals surface area contributed by atoms with Crippen LogP contribution in [0.1, 0.15) is 36.0 Å². The summed E-state index contributed by atoms with van der Waals surface area (Å²) in [6.07, 6.45) is 6.81. The van der Waals surface area contributed by atoms with E-state index in [0.29, 0.717) is 6.61 Å². The number of benzene rings is 2. The smallest absolute Gasteiger partial charge is 0.124 e. The predicted molar refractivity (Wildman–Crippen MR) is 121 cm³/mol. The molecule has 0 spiro atoms. The van der Waals surface area contributed by atoms with Crippen molar-refractivity contribution in [2.45, 2.75) is 38.0 Å². The van der Waals surface area contributed by atoms with E-state index in [1.54, 1.807) is 12.3 Å². The van der Waals surface area contributed by atoms with Gasteiger partial charge in [-0.15, -0.1) is 0 Å². The number of fused-ring (bicyclic) bond motifs is 2. The number of piperidine rings is 1. The largest absolute Gasteiger partial charge is 0.489 e. The quantitative estimate of drug-likeness (QED) is 0.601. The highest BCUT2D eigenvalue weighted by molar-refractivity contribution is 5.34. The summed E-state index contributed by atoms with van der Waals surface area (Å²) in [5, 5.41) is 11.8. The second-order valence-corrected chi connectivity index (χ2v) is 9.11. The topological polar surface area (TPSA) is 45.6 Å². The minimum Gasteiger partial charge on any atom is -0.489 e. The number of para-hydroxylation sites is 1. The summed E-state index contributed by atoms with van der Waals surface area (Å²) >= 11 is 0. The average Bonchev–Trinajstić information content (AvgIpc) is 2.80. The van der Waals surface area contributed by atoms with Crippen molar-refractivity contribution in [1.82, 2.24) is 9.88 Å². The van der Waals surface area contributed by atoms with E-state index >= 15 is 0 Å². The summed E-state index contributed by atoms with van der Waals surface area (Å²) in [6, 6.07) is 18.5.